The van der Waals surface area contributed by atoms with Gasteiger partial charge in [0.05, 0.1) is 11.9 Å². The summed E-state index contributed by atoms with van der Waals surface area (Å²) in [6.45, 7) is 5.36. The fraction of sp³-hybridized carbons (Fsp3) is 0.611. The number of amides is 1. The largest absolute Gasteiger partial charge is 0.348 e. The molecule has 0 atom stereocenters. The zero-order valence-corrected chi connectivity index (χ0v) is 15.7. The number of thiazole rings is 1. The summed E-state index contributed by atoms with van der Waals surface area (Å²) < 4.78 is 1.75. The zero-order chi connectivity index (χ0) is 17.4. The molecule has 1 saturated carbocycles. The molecular formula is C18H25N5OS. The quantitative estimate of drug-likeness (QED) is 0.891. The van der Waals surface area contributed by atoms with Crippen LogP contribution in [0, 0.1) is 12.8 Å². The van der Waals surface area contributed by atoms with Crippen LogP contribution >= 0.6 is 11.3 Å². The number of aromatic nitrogens is 3. The minimum Gasteiger partial charge on any atom is -0.348 e. The van der Waals surface area contributed by atoms with Crippen molar-refractivity contribution < 1.29 is 4.79 Å². The van der Waals surface area contributed by atoms with Gasteiger partial charge in [-0.15, -0.1) is 11.3 Å². The standard InChI is InChI=1S/C18H25N5OS/c1-12-16(25-18(20-12)14-9-19-22(2)11-14)17(24)21-15-5-7-23(8-6-15)10-13-3-4-13/h9,11,13,15H,3-8,10H2,1-2H3,(H,21,24). The van der Waals surface area contributed by atoms with Gasteiger partial charge >= 0.3 is 0 Å². The Hall–Kier alpha value is -1.73. The minimum atomic E-state index is 0.0192. The Kier molecular flexibility index (Phi) is 4.60. The van der Waals surface area contributed by atoms with Crippen molar-refractivity contribution in [1.82, 2.24) is 25.0 Å². The van der Waals surface area contributed by atoms with E-state index in [2.05, 4.69) is 20.3 Å². The van der Waals surface area contributed by atoms with E-state index in [0.29, 0.717) is 0 Å². The van der Waals surface area contributed by atoms with Crippen molar-refractivity contribution in [3.8, 4) is 10.6 Å². The van der Waals surface area contributed by atoms with Gasteiger partial charge in [-0.3, -0.25) is 9.48 Å². The van der Waals surface area contributed by atoms with Gasteiger partial charge in [-0.05, 0) is 38.5 Å². The minimum absolute atomic E-state index is 0.0192. The number of hydrogen-bond donors (Lipinski definition) is 1. The summed E-state index contributed by atoms with van der Waals surface area (Å²) in [5, 5.41) is 8.26. The van der Waals surface area contributed by atoms with Crippen LogP contribution in [0.25, 0.3) is 10.6 Å². The maximum Gasteiger partial charge on any atom is 0.263 e. The first-order valence-corrected chi connectivity index (χ1v) is 9.90. The fourth-order valence-corrected chi connectivity index (χ4v) is 4.38. The lowest BCUT2D eigenvalue weighted by Crippen LogP contribution is -2.45. The van der Waals surface area contributed by atoms with Crippen LogP contribution in [0.15, 0.2) is 12.4 Å². The van der Waals surface area contributed by atoms with Crippen molar-refractivity contribution in [2.75, 3.05) is 19.6 Å². The van der Waals surface area contributed by atoms with Crippen LogP contribution in [0.4, 0.5) is 0 Å². The summed E-state index contributed by atoms with van der Waals surface area (Å²) in [7, 11) is 1.88. The van der Waals surface area contributed by atoms with E-state index in [9.17, 15) is 4.79 Å². The van der Waals surface area contributed by atoms with Crippen LogP contribution in [0.5, 0.6) is 0 Å². The smallest absolute Gasteiger partial charge is 0.263 e. The average Bonchev–Trinajstić information content (AvgIpc) is 3.15. The molecule has 1 saturated heterocycles. The molecule has 0 spiro atoms. The molecule has 2 fully saturated rings. The fourth-order valence-electron chi connectivity index (χ4n) is 3.44. The Balaban J connectivity index is 1.36. The first kappa shape index (κ1) is 16.7. The number of likely N-dealkylation sites (tertiary alicyclic amines) is 1. The first-order chi connectivity index (χ1) is 12.1. The maximum absolute atomic E-state index is 12.7. The molecule has 1 aliphatic carbocycles. The third-order valence-corrected chi connectivity index (χ3v) is 6.30. The van der Waals surface area contributed by atoms with Gasteiger partial charge in [0.15, 0.2) is 0 Å². The third-order valence-electron chi connectivity index (χ3n) is 5.09. The Labute approximate surface area is 152 Å². The molecule has 6 nitrogen and oxygen atoms in total. The van der Waals surface area contributed by atoms with Gasteiger partial charge < -0.3 is 10.2 Å². The van der Waals surface area contributed by atoms with Crippen molar-refractivity contribution in [2.45, 2.75) is 38.6 Å². The van der Waals surface area contributed by atoms with Crippen LogP contribution in [-0.4, -0.2) is 51.2 Å². The number of carbonyl (C=O) groups is 1. The van der Waals surface area contributed by atoms with Crippen LogP contribution < -0.4 is 5.32 Å². The molecule has 0 unspecified atom stereocenters. The van der Waals surface area contributed by atoms with E-state index in [1.165, 1.54) is 30.7 Å². The number of rotatable bonds is 5. The molecule has 2 aliphatic rings. The summed E-state index contributed by atoms with van der Waals surface area (Å²) in [6, 6.07) is 0.284. The topological polar surface area (TPSA) is 63.1 Å². The highest BCUT2D eigenvalue weighted by atomic mass is 32.1. The molecule has 7 heteroatoms. The van der Waals surface area contributed by atoms with Crippen LogP contribution in [-0.2, 0) is 7.05 Å². The molecule has 2 aromatic heterocycles. The zero-order valence-electron chi connectivity index (χ0n) is 14.9. The van der Waals surface area contributed by atoms with Gasteiger partial charge in [0, 0.05) is 44.5 Å². The van der Waals surface area contributed by atoms with Crippen molar-refractivity contribution in [1.29, 1.82) is 0 Å². The number of aryl methyl sites for hydroxylation is 2. The summed E-state index contributed by atoms with van der Waals surface area (Å²) in [5.74, 6) is 0.961. The van der Waals surface area contributed by atoms with E-state index in [0.717, 1.165) is 53.0 Å². The lowest BCUT2D eigenvalue weighted by Gasteiger charge is -2.32. The molecule has 134 valence electrons. The predicted octanol–water partition coefficient (Wildman–Crippen LogP) is 2.46. The van der Waals surface area contributed by atoms with Crippen LogP contribution in [0.1, 0.15) is 41.0 Å². The predicted molar refractivity (Wildman–Crippen MR) is 98.7 cm³/mol. The third kappa shape index (κ3) is 3.93. The summed E-state index contributed by atoms with van der Waals surface area (Å²) >= 11 is 1.45. The van der Waals surface area contributed by atoms with E-state index in [4.69, 9.17) is 0 Å². The average molecular weight is 359 g/mol. The van der Waals surface area contributed by atoms with Crippen molar-refractivity contribution in [3.63, 3.8) is 0 Å². The highest BCUT2D eigenvalue weighted by molar-refractivity contribution is 7.17. The number of nitrogens with one attached hydrogen (secondary N) is 1. The number of nitrogens with zero attached hydrogens (tertiary/aromatic N) is 4. The highest BCUT2D eigenvalue weighted by Crippen LogP contribution is 2.31. The number of carbonyl (C=O) groups excluding carboxylic acids is 1. The summed E-state index contributed by atoms with van der Waals surface area (Å²) in [5.41, 5.74) is 1.76. The molecule has 3 heterocycles. The lowest BCUT2D eigenvalue weighted by atomic mass is 10.0. The number of piperidine rings is 1. The van der Waals surface area contributed by atoms with Crippen LogP contribution in [0.3, 0.4) is 0 Å². The molecule has 0 bridgehead atoms. The van der Waals surface area contributed by atoms with Crippen LogP contribution in [0.2, 0.25) is 0 Å². The first-order valence-electron chi connectivity index (χ1n) is 9.08. The second-order valence-electron chi connectivity index (χ2n) is 7.33. The lowest BCUT2D eigenvalue weighted by molar-refractivity contribution is 0.0913. The molecule has 2 aromatic rings. The van der Waals surface area contributed by atoms with Crippen molar-refractivity contribution >= 4 is 17.2 Å². The molecule has 1 amide bonds. The van der Waals surface area contributed by atoms with E-state index in [1.54, 1.807) is 10.9 Å². The van der Waals surface area contributed by atoms with Gasteiger partial charge in [-0.1, -0.05) is 0 Å². The Morgan fingerprint density at radius 2 is 2.08 bits per heavy atom. The summed E-state index contributed by atoms with van der Waals surface area (Å²) in [6.07, 6.45) is 8.61. The van der Waals surface area contributed by atoms with Crippen molar-refractivity contribution in [2.24, 2.45) is 13.0 Å². The van der Waals surface area contributed by atoms with Gasteiger partial charge in [-0.25, -0.2) is 4.98 Å². The van der Waals surface area contributed by atoms with Gasteiger partial charge in [0.1, 0.15) is 9.88 Å². The molecule has 25 heavy (non-hydrogen) atoms. The molecular weight excluding hydrogens is 334 g/mol. The Morgan fingerprint density at radius 1 is 1.32 bits per heavy atom. The van der Waals surface area contributed by atoms with Gasteiger partial charge in [0.25, 0.3) is 5.91 Å². The van der Waals surface area contributed by atoms with Gasteiger partial charge in [0.2, 0.25) is 0 Å². The molecule has 1 aliphatic heterocycles. The molecule has 4 rings (SSSR count). The second-order valence-corrected chi connectivity index (χ2v) is 8.33. The molecule has 0 radical (unpaired) electrons. The van der Waals surface area contributed by atoms with Gasteiger partial charge in [-0.2, -0.15) is 5.10 Å². The van der Waals surface area contributed by atoms with E-state index < -0.39 is 0 Å². The molecule has 1 N–H and O–H groups in total. The summed E-state index contributed by atoms with van der Waals surface area (Å²) in [4.78, 5) is 20.5. The SMILES string of the molecule is Cc1nc(-c2cnn(C)c2)sc1C(=O)NC1CCN(CC2CC2)CC1. The highest BCUT2D eigenvalue weighted by Gasteiger charge is 2.28. The Morgan fingerprint density at radius 3 is 2.72 bits per heavy atom. The van der Waals surface area contributed by atoms with E-state index in [1.807, 2.05) is 20.2 Å². The van der Waals surface area contributed by atoms with E-state index in [-0.39, 0.29) is 11.9 Å². The normalized spacial score (nSPS) is 19.3. The van der Waals surface area contributed by atoms with E-state index >= 15 is 0 Å². The Bertz CT molecular complexity index is 755. The number of hydrogen-bond acceptors (Lipinski definition) is 5. The molecule has 0 aromatic carbocycles. The van der Waals surface area contributed by atoms with Crippen molar-refractivity contribution in [3.05, 3.63) is 23.0 Å². The monoisotopic (exact) mass is 359 g/mol. The second kappa shape index (κ2) is 6.88. The maximum atomic E-state index is 12.7.